The molecule has 1 aromatic heterocycles. The van der Waals surface area contributed by atoms with Gasteiger partial charge >= 0.3 is 5.97 Å². The van der Waals surface area contributed by atoms with Crippen molar-refractivity contribution in [2.45, 2.75) is 50.7 Å². The molecule has 11 nitrogen and oxygen atoms in total. The summed E-state index contributed by atoms with van der Waals surface area (Å²) in [5, 5.41) is 16.0. The summed E-state index contributed by atoms with van der Waals surface area (Å²) in [6.45, 7) is 4.81. The first-order valence-electron chi connectivity index (χ1n) is 12.5. The fraction of sp³-hybridized carbons (Fsp3) is 0.333. The number of carbonyl (C=O) groups is 3. The van der Waals surface area contributed by atoms with E-state index in [1.165, 1.54) is 6.92 Å². The molecule has 40 heavy (non-hydrogen) atoms. The van der Waals surface area contributed by atoms with Crippen LogP contribution in [0.25, 0.3) is 0 Å². The minimum atomic E-state index is -4.40. The third kappa shape index (κ3) is 5.89. The predicted molar refractivity (Wildman–Crippen MR) is 140 cm³/mol. The fourth-order valence-corrected chi connectivity index (χ4v) is 6.36. The largest absolute Gasteiger partial charge is 0.481 e. The average Bonchev–Trinajstić information content (AvgIpc) is 3.24. The number of carboxylic acid groups (broad SMARTS) is 1. The molecule has 0 radical (unpaired) electrons. The molecule has 2 atom stereocenters. The van der Waals surface area contributed by atoms with Crippen LogP contribution < -0.4 is 5.32 Å². The second-order valence-electron chi connectivity index (χ2n) is 9.57. The van der Waals surface area contributed by atoms with Crippen molar-refractivity contribution in [1.29, 1.82) is 0 Å². The Bertz CT molecular complexity index is 1520. The maximum Gasteiger partial charge on any atom is 0.305 e. The number of sulfonamides is 1. The molecular formula is C27H29FN4O7S. The van der Waals surface area contributed by atoms with Gasteiger partial charge in [-0.3, -0.25) is 14.4 Å². The van der Waals surface area contributed by atoms with E-state index in [0.717, 1.165) is 39.0 Å². The van der Waals surface area contributed by atoms with Crippen LogP contribution in [0.5, 0.6) is 0 Å². The number of amides is 2. The lowest BCUT2D eigenvalue weighted by molar-refractivity contribution is -0.138. The van der Waals surface area contributed by atoms with Crippen LogP contribution in [0, 0.1) is 26.6 Å². The first kappa shape index (κ1) is 28.9. The van der Waals surface area contributed by atoms with Gasteiger partial charge in [0.25, 0.3) is 11.8 Å². The molecule has 1 aliphatic rings. The fourth-order valence-electron chi connectivity index (χ4n) is 4.77. The first-order chi connectivity index (χ1) is 18.9. The summed E-state index contributed by atoms with van der Waals surface area (Å²) in [4.78, 5) is 40.2. The number of aliphatic carboxylic acids is 1. The van der Waals surface area contributed by atoms with Gasteiger partial charge in [-0.15, -0.1) is 0 Å². The second kappa shape index (κ2) is 11.6. The monoisotopic (exact) mass is 572 g/mol. The number of benzene rings is 2. The zero-order valence-electron chi connectivity index (χ0n) is 22.1. The van der Waals surface area contributed by atoms with E-state index in [0.29, 0.717) is 5.56 Å². The number of aryl methyl sites for hydroxylation is 3. The lowest BCUT2D eigenvalue weighted by Crippen LogP contribution is -2.63. The molecule has 0 aliphatic carbocycles. The van der Waals surface area contributed by atoms with Crippen LogP contribution in [0.15, 0.2) is 57.9 Å². The zero-order chi connectivity index (χ0) is 29.2. The van der Waals surface area contributed by atoms with Crippen LogP contribution >= 0.6 is 0 Å². The number of hydrogen-bond donors (Lipinski definition) is 2. The highest BCUT2D eigenvalue weighted by Gasteiger charge is 2.45. The number of nitrogens with zero attached hydrogens (tertiary/aromatic N) is 3. The van der Waals surface area contributed by atoms with E-state index in [9.17, 15) is 32.3 Å². The van der Waals surface area contributed by atoms with E-state index in [1.807, 2.05) is 13.0 Å². The normalized spacial score (nSPS) is 16.9. The van der Waals surface area contributed by atoms with Gasteiger partial charge in [-0.1, -0.05) is 35.0 Å². The van der Waals surface area contributed by atoms with Gasteiger partial charge in [-0.05, 0) is 57.0 Å². The lowest BCUT2D eigenvalue weighted by Gasteiger charge is -2.42. The van der Waals surface area contributed by atoms with Gasteiger partial charge in [0.2, 0.25) is 10.0 Å². The maximum absolute atomic E-state index is 13.9. The number of carbonyl (C=O) groups excluding carboxylic acids is 2. The summed E-state index contributed by atoms with van der Waals surface area (Å²) in [6, 6.07) is 10.0. The van der Waals surface area contributed by atoms with E-state index in [2.05, 4.69) is 10.5 Å². The van der Waals surface area contributed by atoms with E-state index < -0.39 is 52.3 Å². The second-order valence-corrected chi connectivity index (χ2v) is 11.5. The molecule has 0 bridgehead atoms. The topological polar surface area (TPSA) is 150 Å². The molecule has 0 spiro atoms. The summed E-state index contributed by atoms with van der Waals surface area (Å²) in [5.74, 6) is -3.19. The van der Waals surface area contributed by atoms with Crippen LogP contribution in [0.3, 0.4) is 0 Å². The average molecular weight is 573 g/mol. The Labute approximate surface area is 230 Å². The van der Waals surface area contributed by atoms with Crippen molar-refractivity contribution in [2.75, 3.05) is 13.1 Å². The minimum absolute atomic E-state index is 0.0322. The van der Waals surface area contributed by atoms with Gasteiger partial charge in [-0.25, -0.2) is 12.8 Å². The van der Waals surface area contributed by atoms with Crippen molar-refractivity contribution >= 4 is 27.8 Å². The molecule has 2 unspecified atom stereocenters. The van der Waals surface area contributed by atoms with Crippen LogP contribution in [-0.2, 0) is 19.6 Å². The molecule has 1 aliphatic heterocycles. The van der Waals surface area contributed by atoms with E-state index in [4.69, 9.17) is 4.52 Å². The van der Waals surface area contributed by atoms with E-state index in [1.54, 1.807) is 25.1 Å². The number of aromatic nitrogens is 1. The van der Waals surface area contributed by atoms with Gasteiger partial charge in [0.15, 0.2) is 6.17 Å². The number of hydrogen-bond acceptors (Lipinski definition) is 7. The van der Waals surface area contributed by atoms with Crippen LogP contribution in [0.4, 0.5) is 4.39 Å². The third-order valence-corrected chi connectivity index (χ3v) is 8.52. The Balaban J connectivity index is 1.78. The highest BCUT2D eigenvalue weighted by molar-refractivity contribution is 7.89. The third-order valence-electron chi connectivity index (χ3n) is 6.65. The molecule has 0 saturated carbocycles. The van der Waals surface area contributed by atoms with Gasteiger partial charge in [-0.2, -0.15) is 4.31 Å². The minimum Gasteiger partial charge on any atom is -0.481 e. The predicted octanol–water partition coefficient (Wildman–Crippen LogP) is 2.93. The maximum atomic E-state index is 13.9. The lowest BCUT2D eigenvalue weighted by atomic mass is 10.0. The Morgan fingerprint density at radius 2 is 1.82 bits per heavy atom. The molecule has 2 aromatic carbocycles. The van der Waals surface area contributed by atoms with Crippen molar-refractivity contribution in [2.24, 2.45) is 0 Å². The molecule has 1 saturated heterocycles. The van der Waals surface area contributed by atoms with E-state index in [-0.39, 0.29) is 41.4 Å². The summed E-state index contributed by atoms with van der Waals surface area (Å²) in [6.07, 6.45) is -1.95. The quantitative estimate of drug-likeness (QED) is 0.418. The van der Waals surface area contributed by atoms with Gasteiger partial charge < -0.3 is 19.8 Å². The number of nitrogens with one attached hydrogen (secondary N) is 1. The zero-order valence-corrected chi connectivity index (χ0v) is 22.9. The van der Waals surface area contributed by atoms with E-state index >= 15 is 0 Å². The van der Waals surface area contributed by atoms with Crippen LogP contribution in [0.1, 0.15) is 51.8 Å². The Morgan fingerprint density at radius 3 is 2.42 bits per heavy atom. The molecule has 2 heterocycles. The van der Waals surface area contributed by atoms with Gasteiger partial charge in [0.1, 0.15) is 17.1 Å². The SMILES string of the molecule is Cc1cccc(C(CC(=O)O)NC(=O)C2N(C(=O)c3c(C)noc3C)CCCN2S(=O)(=O)c2ccc(F)cc2)c1. The summed E-state index contributed by atoms with van der Waals surface area (Å²) >= 11 is 0. The molecule has 2 N–H and O–H groups in total. The number of rotatable bonds is 8. The Kier molecular flexibility index (Phi) is 8.35. The van der Waals surface area contributed by atoms with Gasteiger partial charge in [0.05, 0.1) is 23.1 Å². The highest BCUT2D eigenvalue weighted by atomic mass is 32.2. The Hall–Kier alpha value is -4.10. The summed E-state index contributed by atoms with van der Waals surface area (Å²) in [7, 11) is -4.40. The van der Waals surface area contributed by atoms with Crippen molar-refractivity contribution in [3.05, 3.63) is 82.5 Å². The highest BCUT2D eigenvalue weighted by Crippen LogP contribution is 2.28. The molecule has 3 aromatic rings. The molecule has 4 rings (SSSR count). The molecular weight excluding hydrogens is 543 g/mol. The van der Waals surface area contributed by atoms with Crippen molar-refractivity contribution in [1.82, 2.24) is 19.7 Å². The van der Waals surface area contributed by atoms with Crippen molar-refractivity contribution in [3.8, 4) is 0 Å². The molecule has 1 fully saturated rings. The molecule has 212 valence electrons. The summed E-state index contributed by atoms with van der Waals surface area (Å²) < 4.78 is 47.1. The van der Waals surface area contributed by atoms with Crippen LogP contribution in [-0.4, -0.2) is 64.9 Å². The van der Waals surface area contributed by atoms with Crippen LogP contribution in [0.2, 0.25) is 0 Å². The standard InChI is InChI=1S/C27H29FN4O7S/c1-16-6-4-7-19(14-16)22(15-23(33)34)29-25(35)26-31(27(36)24-17(2)30-39-18(24)3)12-5-13-32(26)40(37,38)21-10-8-20(28)9-11-21/h4,6-11,14,22,26H,5,12-13,15H2,1-3H3,(H,29,35)(H,33,34). The molecule has 13 heteroatoms. The Morgan fingerprint density at radius 1 is 1.12 bits per heavy atom. The summed E-state index contributed by atoms with van der Waals surface area (Å²) in [5.41, 5.74) is 1.70. The van der Waals surface area contributed by atoms with Gasteiger partial charge in [0, 0.05) is 13.1 Å². The van der Waals surface area contributed by atoms with Crippen molar-refractivity contribution in [3.63, 3.8) is 0 Å². The smallest absolute Gasteiger partial charge is 0.305 e. The molecule has 2 amide bonds. The number of carboxylic acids is 1. The first-order valence-corrected chi connectivity index (χ1v) is 13.9. The van der Waals surface area contributed by atoms with Crippen molar-refractivity contribution < 1.29 is 36.8 Å². The number of halogens is 1.